The standard InChI is InChI=1S/C92H86N6O12/c1-7-13-19-23-31-53-57-41-61-55(33-25-21-15-9-3)63-43-59-54(32-24-20-14-8-2)60-44-64-56(34-26-22-16-10-4)62-42-58(53)74-50-78(62)108-86-88(96-72-38-30-28-36-70(72)94-86)110-80(64)52-76(60)106-84-48-68-67(91(101)98(92(68)102)40-18-12-6)47-83(84)105-75(59)51-79(63)109-87-85(93-69-35-27-29-37-71(69)95-87)107-77(61)49-73(57)103-81-45-65-66(46-82(81)104-74)90(100)97(89(65)99)39-17-11-5/h5-6,27-30,35-38,41-56H,7-10,13-26,31-34,39-40H2,1-4H3. The van der Waals surface area contributed by atoms with Crippen molar-refractivity contribution in [1.29, 1.82) is 0 Å². The minimum atomic E-state index is -0.500. The van der Waals surface area contributed by atoms with Gasteiger partial charge in [0.05, 0.1) is 44.3 Å². The molecule has 0 spiro atoms. The summed E-state index contributed by atoms with van der Waals surface area (Å²) in [7, 11) is 0. The van der Waals surface area contributed by atoms with Gasteiger partial charge in [-0.15, -0.1) is 24.7 Å². The van der Waals surface area contributed by atoms with Crippen molar-refractivity contribution in [2.45, 2.75) is 193 Å². The molecule has 0 atom stereocenters. The number of unbranched alkanes of at least 4 members (excludes halogenated alkanes) is 12. The summed E-state index contributed by atoms with van der Waals surface area (Å²) < 4.78 is 60.1. The number of fused-ring (bicyclic) bond motifs is 8. The molecule has 0 saturated carbocycles. The van der Waals surface area contributed by atoms with Gasteiger partial charge < -0.3 is 37.9 Å². The molecule has 556 valence electrons. The molecular formula is C92H86N6O12. The molecule has 0 radical (unpaired) electrons. The average molecular weight is 1470 g/mol. The van der Waals surface area contributed by atoms with Crippen LogP contribution in [0.3, 0.4) is 0 Å². The van der Waals surface area contributed by atoms with Gasteiger partial charge in [-0.1, -0.05) is 155 Å². The number of ether oxygens (including phenoxy) is 8. The number of nitrogens with zero attached hydrogens (tertiary/aromatic N) is 6. The molecule has 18 nitrogen and oxygen atoms in total. The van der Waals surface area contributed by atoms with Crippen molar-refractivity contribution in [2.24, 2.45) is 0 Å². The van der Waals surface area contributed by atoms with E-state index in [1.165, 1.54) is 9.80 Å². The second kappa shape index (κ2) is 30.4. The average Bonchev–Trinajstić information content (AvgIpc) is 1.50. The lowest BCUT2D eigenvalue weighted by molar-refractivity contribution is 0.0642. The molecule has 2 aromatic heterocycles. The Morgan fingerprint density at radius 3 is 0.745 bits per heavy atom. The molecule has 8 aromatic carbocycles. The summed E-state index contributed by atoms with van der Waals surface area (Å²) in [6, 6.07) is 38.6. The molecule has 110 heavy (non-hydrogen) atoms. The van der Waals surface area contributed by atoms with Crippen molar-refractivity contribution >= 4 is 45.7 Å². The summed E-state index contributed by atoms with van der Waals surface area (Å²) >= 11 is 0. The van der Waals surface area contributed by atoms with E-state index in [1.807, 2.05) is 72.8 Å². The summed E-state index contributed by atoms with van der Waals surface area (Å²) in [6.45, 7) is 8.90. The minimum absolute atomic E-state index is 0.0182. The van der Waals surface area contributed by atoms with E-state index in [4.69, 9.17) is 70.7 Å². The number of carbonyl (C=O) groups is 4. The summed E-state index contributed by atoms with van der Waals surface area (Å²) in [5.74, 6) is 5.75. The number of para-hydroxylation sites is 4. The molecule has 17 rings (SSSR count). The van der Waals surface area contributed by atoms with Crippen LogP contribution in [0.1, 0.15) is 279 Å². The molecule has 0 saturated heterocycles. The van der Waals surface area contributed by atoms with Crippen LogP contribution in [-0.4, -0.2) is 66.5 Å². The highest BCUT2D eigenvalue weighted by Crippen LogP contribution is 2.60. The lowest BCUT2D eigenvalue weighted by Gasteiger charge is -2.30. The first-order valence-corrected chi connectivity index (χ1v) is 39.5. The maximum atomic E-state index is 14.7. The lowest BCUT2D eigenvalue weighted by Crippen LogP contribution is -2.30. The Hall–Kier alpha value is -11.8. The van der Waals surface area contributed by atoms with E-state index >= 15 is 0 Å². The zero-order valence-corrected chi connectivity index (χ0v) is 62.6. The molecular weight excluding hydrogens is 1380 g/mol. The van der Waals surface area contributed by atoms with Gasteiger partial charge in [-0.25, -0.2) is 19.9 Å². The molecule has 8 heterocycles. The van der Waals surface area contributed by atoms with Crippen LogP contribution >= 0.6 is 0 Å². The minimum Gasteiger partial charge on any atom is -0.453 e. The van der Waals surface area contributed by atoms with Crippen molar-refractivity contribution < 1.29 is 57.1 Å². The fraction of sp³-hybridized carbons (Fsp3) is 0.348. The third-order valence-electron chi connectivity index (χ3n) is 22.7. The van der Waals surface area contributed by atoms with Gasteiger partial charge in [0.15, 0.2) is 23.0 Å². The number of amides is 4. The second-order valence-electron chi connectivity index (χ2n) is 29.9. The number of rotatable bonds is 24. The maximum Gasteiger partial charge on any atom is 0.284 e. The third kappa shape index (κ3) is 13.1. The van der Waals surface area contributed by atoms with Crippen LogP contribution in [-0.2, 0) is 0 Å². The summed E-state index contributed by atoms with van der Waals surface area (Å²) in [5, 5.41) is 0. The Morgan fingerprint density at radius 1 is 0.300 bits per heavy atom. The molecule has 18 heteroatoms. The van der Waals surface area contributed by atoms with E-state index in [9.17, 15) is 19.2 Å². The predicted octanol–water partition coefficient (Wildman–Crippen LogP) is 23.1. The fourth-order valence-corrected chi connectivity index (χ4v) is 17.0. The van der Waals surface area contributed by atoms with Crippen LogP contribution in [0, 0.1) is 24.7 Å². The van der Waals surface area contributed by atoms with Crippen LogP contribution in [0.4, 0.5) is 0 Å². The number of hydrogen-bond donors (Lipinski definition) is 0. The van der Waals surface area contributed by atoms with Gasteiger partial charge in [-0.3, -0.25) is 29.0 Å². The van der Waals surface area contributed by atoms with E-state index in [2.05, 4.69) is 63.8 Å². The second-order valence-corrected chi connectivity index (χ2v) is 29.9. The van der Waals surface area contributed by atoms with Crippen LogP contribution in [0.15, 0.2) is 121 Å². The molecule has 0 fully saturated rings. The third-order valence-corrected chi connectivity index (χ3v) is 22.7. The molecule has 10 aromatic rings. The fourth-order valence-electron chi connectivity index (χ4n) is 17.0. The van der Waals surface area contributed by atoms with E-state index in [1.54, 1.807) is 24.3 Å². The molecule has 8 bridgehead atoms. The first kappa shape index (κ1) is 71.2. The van der Waals surface area contributed by atoms with Gasteiger partial charge in [0, 0.05) is 118 Å². The summed E-state index contributed by atoms with van der Waals surface area (Å²) in [4.78, 5) is 82.1. The van der Waals surface area contributed by atoms with Crippen molar-refractivity contribution in [3.05, 3.63) is 188 Å². The largest absolute Gasteiger partial charge is 0.453 e. The zero-order chi connectivity index (χ0) is 75.3. The van der Waals surface area contributed by atoms with E-state index in [0.717, 1.165) is 147 Å². The van der Waals surface area contributed by atoms with E-state index in [-0.39, 0.29) is 94.7 Å². The number of benzene rings is 8. The van der Waals surface area contributed by atoms with Gasteiger partial charge >= 0.3 is 0 Å². The van der Waals surface area contributed by atoms with Gasteiger partial charge in [0.25, 0.3) is 47.1 Å². The van der Waals surface area contributed by atoms with E-state index < -0.39 is 47.3 Å². The van der Waals surface area contributed by atoms with Crippen molar-refractivity contribution in [1.82, 2.24) is 29.7 Å². The van der Waals surface area contributed by atoms with Gasteiger partial charge in [-0.05, 0) is 98.5 Å². The Labute approximate surface area is 640 Å². The van der Waals surface area contributed by atoms with Crippen molar-refractivity contribution in [3.8, 4) is 117 Å². The Balaban J connectivity index is 1.04. The Kier molecular flexibility index (Phi) is 19.6. The first-order valence-electron chi connectivity index (χ1n) is 39.5. The van der Waals surface area contributed by atoms with E-state index in [0.29, 0.717) is 93.7 Å². The SMILES string of the molecule is C#CCCN1C(=O)c2cc3c(cc2C1=O)Oc1cc2c4cc1C(CCCCCC)c1cc5c(cc1O3)Oc1nc3ccccc3nc1Oc1cc3c(cc1C5CCCCCC)C(CCCCCC)c1cc(c(cc1Oc1cc5c(cc1O3)C(=O)N(CCC#C)C5=O)Oc1nc3ccccc3nc1O2)C4CCCCCC. The predicted molar refractivity (Wildman–Crippen MR) is 418 cm³/mol. The molecule has 1 aliphatic carbocycles. The highest BCUT2D eigenvalue weighted by atomic mass is 16.6. The highest BCUT2D eigenvalue weighted by molar-refractivity contribution is 6.22. The monoisotopic (exact) mass is 1470 g/mol. The summed E-state index contributed by atoms with van der Waals surface area (Å²) in [5.41, 5.74) is 9.46. The first-order chi connectivity index (χ1) is 53.9. The van der Waals surface area contributed by atoms with Crippen molar-refractivity contribution in [2.75, 3.05) is 13.1 Å². The van der Waals surface area contributed by atoms with Crippen LogP contribution < -0.4 is 37.9 Å². The highest BCUT2D eigenvalue weighted by Gasteiger charge is 2.43. The smallest absolute Gasteiger partial charge is 0.284 e. The molecule has 6 aliphatic heterocycles. The van der Waals surface area contributed by atoms with Gasteiger partial charge in [-0.2, -0.15) is 0 Å². The van der Waals surface area contributed by atoms with Crippen LogP contribution in [0.5, 0.6) is 92.5 Å². The topological polar surface area (TPSA) is 200 Å². The van der Waals surface area contributed by atoms with Crippen LogP contribution in [0.25, 0.3) is 22.1 Å². The number of terminal acetylenes is 2. The number of aromatic nitrogens is 4. The molecule has 0 unspecified atom stereocenters. The quantitative estimate of drug-likeness (QED) is 0.0314. The van der Waals surface area contributed by atoms with Crippen molar-refractivity contribution in [3.63, 3.8) is 0 Å². The number of hydrogen-bond acceptors (Lipinski definition) is 16. The molecule has 4 amide bonds. The van der Waals surface area contributed by atoms with Gasteiger partial charge in [0.1, 0.15) is 46.0 Å². The van der Waals surface area contributed by atoms with Gasteiger partial charge in [0.2, 0.25) is 0 Å². The maximum absolute atomic E-state index is 14.7. The molecule has 7 aliphatic rings. The molecule has 0 N–H and O–H groups in total. The Morgan fingerprint density at radius 2 is 0.527 bits per heavy atom. The summed E-state index contributed by atoms with van der Waals surface area (Å²) in [6.07, 6.45) is 29.4. The number of carbonyl (C=O) groups excluding carboxylic acids is 4. The normalized spacial score (nSPS) is 16.9. The Bertz CT molecular complexity index is 4870. The van der Waals surface area contributed by atoms with Crippen LogP contribution in [0.2, 0.25) is 0 Å². The zero-order valence-electron chi connectivity index (χ0n) is 62.6. The lowest BCUT2D eigenvalue weighted by atomic mass is 9.76. The number of imide groups is 2.